The van der Waals surface area contributed by atoms with Gasteiger partial charge in [-0.2, -0.15) is 0 Å². The smallest absolute Gasteiger partial charge is 0.244 e. The second-order valence-electron chi connectivity index (χ2n) is 8.22. The molecule has 28 heavy (non-hydrogen) atoms. The molecule has 4 atom stereocenters. The normalized spacial score (nSPS) is 29.7. The van der Waals surface area contributed by atoms with Crippen LogP contribution < -0.4 is 10.6 Å². The van der Waals surface area contributed by atoms with Gasteiger partial charge < -0.3 is 15.5 Å². The minimum Gasteiger partial charge on any atom is -0.344 e. The van der Waals surface area contributed by atoms with Gasteiger partial charge in [-0.15, -0.1) is 0 Å². The zero-order chi connectivity index (χ0) is 20.1. The summed E-state index contributed by atoms with van der Waals surface area (Å²) in [5.74, 6) is -2.53. The number of nitrogens with one attached hydrogen (secondary N) is 2. The van der Waals surface area contributed by atoms with Gasteiger partial charge in [-0.3, -0.25) is 19.2 Å². The number of carbonyl (C=O) groups excluding carboxylic acids is 4. The molecular weight excluding hydrogens is 358 g/mol. The van der Waals surface area contributed by atoms with Crippen molar-refractivity contribution >= 4 is 29.2 Å². The van der Waals surface area contributed by atoms with Gasteiger partial charge >= 0.3 is 0 Å². The maximum Gasteiger partial charge on any atom is 0.244 e. The lowest BCUT2D eigenvalue weighted by molar-refractivity contribution is -0.137. The molecule has 3 amide bonds. The summed E-state index contributed by atoms with van der Waals surface area (Å²) >= 11 is 0. The lowest BCUT2D eigenvalue weighted by atomic mass is 9.92. The van der Waals surface area contributed by atoms with Crippen LogP contribution in [0.15, 0.2) is 24.3 Å². The number of Topliss-reactive ketones (excluding diaryl/α,β-unsaturated/α-hetero) is 1. The Hall–Kier alpha value is -2.70. The molecule has 0 aromatic heterocycles. The van der Waals surface area contributed by atoms with Crippen LogP contribution in [-0.4, -0.2) is 47.5 Å². The Bertz CT molecular complexity index is 861. The van der Waals surface area contributed by atoms with Crippen LogP contribution >= 0.6 is 0 Å². The molecule has 1 aromatic carbocycles. The fraction of sp³-hybridized carbons (Fsp3) is 0.524. The van der Waals surface area contributed by atoms with Crippen molar-refractivity contribution in [2.24, 2.45) is 17.3 Å². The van der Waals surface area contributed by atoms with E-state index in [1.54, 1.807) is 43.0 Å². The number of ketones is 1. The summed E-state index contributed by atoms with van der Waals surface area (Å²) in [6.45, 7) is 4.75. The summed E-state index contributed by atoms with van der Waals surface area (Å²) in [6.07, 6.45) is 3.07. The number of piperidine rings is 1. The number of benzene rings is 1. The highest BCUT2D eigenvalue weighted by atomic mass is 16.2. The Morgan fingerprint density at radius 3 is 2.57 bits per heavy atom. The van der Waals surface area contributed by atoms with Crippen LogP contribution in [0.1, 0.15) is 43.5 Å². The second kappa shape index (κ2) is 6.72. The monoisotopic (exact) mass is 383 g/mol. The van der Waals surface area contributed by atoms with Crippen molar-refractivity contribution in [1.29, 1.82) is 0 Å². The number of nitrogens with zero attached hydrogens (tertiary/aromatic N) is 1. The lowest BCUT2D eigenvalue weighted by Crippen LogP contribution is -2.49. The Kier molecular flexibility index (Phi) is 4.48. The highest BCUT2D eigenvalue weighted by Crippen LogP contribution is 2.62. The van der Waals surface area contributed by atoms with E-state index in [1.165, 1.54) is 0 Å². The number of rotatable bonds is 3. The van der Waals surface area contributed by atoms with Crippen LogP contribution in [0.5, 0.6) is 0 Å². The van der Waals surface area contributed by atoms with Crippen LogP contribution in [0.25, 0.3) is 0 Å². The molecule has 148 valence electrons. The maximum absolute atomic E-state index is 13.1. The summed E-state index contributed by atoms with van der Waals surface area (Å²) in [6, 6.07) is 6.17. The molecule has 1 aromatic rings. The average Bonchev–Trinajstić information content (AvgIpc) is 3.36. The van der Waals surface area contributed by atoms with Crippen molar-refractivity contribution in [3.63, 3.8) is 0 Å². The molecule has 0 radical (unpaired) electrons. The molecule has 0 spiro atoms. The quantitative estimate of drug-likeness (QED) is 0.829. The molecule has 0 unspecified atom stereocenters. The molecule has 7 nitrogen and oxygen atoms in total. The molecule has 0 bridgehead atoms. The van der Waals surface area contributed by atoms with Gasteiger partial charge in [0.05, 0.1) is 22.9 Å². The Balaban J connectivity index is 1.50. The minimum absolute atomic E-state index is 0.111. The van der Waals surface area contributed by atoms with Crippen molar-refractivity contribution in [3.05, 3.63) is 29.8 Å². The highest BCUT2D eigenvalue weighted by Gasteiger charge is 2.73. The van der Waals surface area contributed by atoms with Crippen LogP contribution in [0.3, 0.4) is 0 Å². The van der Waals surface area contributed by atoms with E-state index >= 15 is 0 Å². The first-order valence-corrected chi connectivity index (χ1v) is 9.89. The van der Waals surface area contributed by atoms with E-state index in [0.717, 1.165) is 19.3 Å². The number of anilines is 1. The zero-order valence-electron chi connectivity index (χ0n) is 16.2. The fourth-order valence-corrected chi connectivity index (χ4v) is 4.69. The molecule has 3 aliphatic rings. The number of hydrogen-bond donors (Lipinski definition) is 2. The van der Waals surface area contributed by atoms with Crippen molar-refractivity contribution in [1.82, 2.24) is 10.2 Å². The predicted octanol–water partition coefficient (Wildman–Crippen LogP) is 1.59. The SMILES string of the molecule is C[C@H](NC(=O)[C@@H]1[C@H]2C(=O)Nc3ccccc3C(=O)[C@@]21C)C(=O)N1CCCCC1. The van der Waals surface area contributed by atoms with Crippen LogP contribution in [0.2, 0.25) is 0 Å². The molecule has 4 rings (SSSR count). The first-order valence-electron chi connectivity index (χ1n) is 9.89. The van der Waals surface area contributed by atoms with Crippen LogP contribution in [-0.2, 0) is 14.4 Å². The van der Waals surface area contributed by atoms with Gasteiger partial charge in [-0.05, 0) is 38.3 Å². The first-order chi connectivity index (χ1) is 13.4. The predicted molar refractivity (Wildman–Crippen MR) is 103 cm³/mol. The van der Waals surface area contributed by atoms with Gasteiger partial charge in [0.15, 0.2) is 5.78 Å². The first kappa shape index (κ1) is 18.7. The highest BCUT2D eigenvalue weighted by molar-refractivity contribution is 6.19. The van der Waals surface area contributed by atoms with Gasteiger partial charge in [0, 0.05) is 18.7 Å². The van der Waals surface area contributed by atoms with Crippen molar-refractivity contribution in [2.75, 3.05) is 18.4 Å². The number of para-hydroxylation sites is 1. The summed E-state index contributed by atoms with van der Waals surface area (Å²) < 4.78 is 0. The molecule has 2 heterocycles. The van der Waals surface area contributed by atoms with E-state index in [9.17, 15) is 19.2 Å². The molecule has 2 fully saturated rings. The Labute approximate surface area is 163 Å². The van der Waals surface area contributed by atoms with Gasteiger partial charge in [0.25, 0.3) is 0 Å². The van der Waals surface area contributed by atoms with Gasteiger partial charge in [0.2, 0.25) is 17.7 Å². The number of fused-ring (bicyclic) bond motifs is 2. The van der Waals surface area contributed by atoms with Crippen LogP contribution in [0, 0.1) is 17.3 Å². The largest absolute Gasteiger partial charge is 0.344 e. The zero-order valence-corrected chi connectivity index (χ0v) is 16.2. The molecule has 2 N–H and O–H groups in total. The number of amides is 3. The Morgan fingerprint density at radius 1 is 1.18 bits per heavy atom. The number of carbonyl (C=O) groups is 4. The summed E-state index contributed by atoms with van der Waals surface area (Å²) in [4.78, 5) is 52.9. The number of likely N-dealkylation sites (tertiary alicyclic amines) is 1. The third-order valence-corrected chi connectivity index (χ3v) is 6.40. The van der Waals surface area contributed by atoms with Gasteiger partial charge in [-0.1, -0.05) is 19.1 Å². The lowest BCUT2D eigenvalue weighted by Gasteiger charge is -2.29. The third kappa shape index (κ3) is 2.80. The van der Waals surface area contributed by atoms with Crippen LogP contribution in [0.4, 0.5) is 5.69 Å². The van der Waals surface area contributed by atoms with Crippen molar-refractivity contribution in [3.8, 4) is 0 Å². The van der Waals surface area contributed by atoms with E-state index in [4.69, 9.17) is 0 Å². The number of hydrogen-bond acceptors (Lipinski definition) is 4. The van der Waals surface area contributed by atoms with Crippen molar-refractivity contribution < 1.29 is 19.2 Å². The summed E-state index contributed by atoms with van der Waals surface area (Å²) in [5, 5.41) is 5.51. The van der Waals surface area contributed by atoms with Crippen molar-refractivity contribution in [2.45, 2.75) is 39.2 Å². The van der Waals surface area contributed by atoms with Gasteiger partial charge in [0.1, 0.15) is 6.04 Å². The molecule has 1 saturated carbocycles. The van der Waals surface area contributed by atoms with E-state index in [2.05, 4.69) is 10.6 Å². The molecule has 2 aliphatic heterocycles. The Morgan fingerprint density at radius 2 is 1.86 bits per heavy atom. The molecule has 1 saturated heterocycles. The second-order valence-corrected chi connectivity index (χ2v) is 8.22. The average molecular weight is 383 g/mol. The van der Waals surface area contributed by atoms with E-state index in [1.807, 2.05) is 0 Å². The molecule has 1 aliphatic carbocycles. The van der Waals surface area contributed by atoms with E-state index in [0.29, 0.717) is 24.3 Å². The third-order valence-electron chi connectivity index (χ3n) is 6.40. The minimum atomic E-state index is -1.07. The fourth-order valence-electron chi connectivity index (χ4n) is 4.69. The van der Waals surface area contributed by atoms with E-state index in [-0.39, 0.29) is 17.6 Å². The summed E-state index contributed by atoms with van der Waals surface area (Å²) in [5.41, 5.74) is -0.165. The topological polar surface area (TPSA) is 95.6 Å². The maximum atomic E-state index is 13.1. The standard InChI is InChI=1S/C21H25N3O4/c1-12(20(28)24-10-6-3-7-11-24)22-18(26)15-16-19(27)23-14-9-5-4-8-13(14)17(25)21(15,16)2/h4-5,8-9,12,15-16H,3,6-7,10-11H2,1-2H3,(H,22,26)(H,23,27)/t12-,15-,16-,21+/m0/s1. The summed E-state index contributed by atoms with van der Waals surface area (Å²) in [7, 11) is 0. The van der Waals surface area contributed by atoms with E-state index < -0.39 is 29.2 Å². The molecular formula is C21H25N3O4. The molecule has 7 heteroatoms. The van der Waals surface area contributed by atoms with Gasteiger partial charge in [-0.25, -0.2) is 0 Å².